The van der Waals surface area contributed by atoms with Gasteiger partial charge in [-0.15, -0.1) is 13.2 Å². The third-order valence-corrected chi connectivity index (χ3v) is 9.80. The molecular formula is C15H28Si. The van der Waals surface area contributed by atoms with Gasteiger partial charge in [0, 0.05) is 0 Å². The van der Waals surface area contributed by atoms with Gasteiger partial charge in [-0.25, -0.2) is 0 Å². The Kier molecular flexibility index (Phi) is 6.78. The highest BCUT2D eigenvalue weighted by Crippen LogP contribution is 2.37. The summed E-state index contributed by atoms with van der Waals surface area (Å²) in [5.74, 6) is 0. The maximum atomic E-state index is 3.84. The first-order chi connectivity index (χ1) is 7.83. The summed E-state index contributed by atoms with van der Waals surface area (Å²) in [6.07, 6.45) is 14.0. The fourth-order valence-electron chi connectivity index (χ4n) is 3.17. The highest BCUT2D eigenvalue weighted by atomic mass is 28.3. The summed E-state index contributed by atoms with van der Waals surface area (Å²) in [6, 6.07) is 6.36. The Morgan fingerprint density at radius 2 is 1.31 bits per heavy atom. The van der Waals surface area contributed by atoms with Gasteiger partial charge in [-0.2, -0.15) is 0 Å². The predicted molar refractivity (Wildman–Crippen MR) is 77.7 cm³/mol. The molecule has 1 fully saturated rings. The molecule has 1 aliphatic heterocycles. The SMILES string of the molecule is C=CCCC[Si]1(CCCC=C)CCCCC1. The van der Waals surface area contributed by atoms with Crippen LogP contribution in [0.25, 0.3) is 0 Å². The van der Waals surface area contributed by atoms with E-state index in [-0.39, 0.29) is 0 Å². The van der Waals surface area contributed by atoms with Gasteiger partial charge >= 0.3 is 0 Å². The molecule has 0 nitrogen and oxygen atoms in total. The van der Waals surface area contributed by atoms with E-state index in [9.17, 15) is 0 Å². The fraction of sp³-hybridized carbons (Fsp3) is 0.733. The van der Waals surface area contributed by atoms with Gasteiger partial charge in [0.05, 0.1) is 8.07 Å². The smallest absolute Gasteiger partial charge is 0.0536 e. The third-order valence-electron chi connectivity index (χ3n) is 4.14. The topological polar surface area (TPSA) is 0 Å². The van der Waals surface area contributed by atoms with E-state index in [0.29, 0.717) is 0 Å². The highest BCUT2D eigenvalue weighted by Gasteiger charge is 2.32. The Morgan fingerprint density at radius 1 is 0.812 bits per heavy atom. The van der Waals surface area contributed by atoms with E-state index in [2.05, 4.69) is 25.3 Å². The molecule has 0 saturated carbocycles. The average Bonchev–Trinajstić information content (AvgIpc) is 2.31. The molecule has 1 aliphatic rings. The lowest BCUT2D eigenvalue weighted by Gasteiger charge is -2.35. The third kappa shape index (κ3) is 4.69. The molecule has 0 spiro atoms. The number of allylic oxidation sites excluding steroid dienone is 2. The summed E-state index contributed by atoms with van der Waals surface area (Å²) in [6.45, 7) is 7.69. The van der Waals surface area contributed by atoms with Crippen molar-refractivity contribution in [3.05, 3.63) is 25.3 Å². The van der Waals surface area contributed by atoms with Crippen molar-refractivity contribution < 1.29 is 0 Å². The van der Waals surface area contributed by atoms with Crippen LogP contribution < -0.4 is 0 Å². The molecule has 0 radical (unpaired) electrons. The molecule has 0 aromatic heterocycles. The normalized spacial score (nSPS) is 19.2. The molecule has 0 aliphatic carbocycles. The van der Waals surface area contributed by atoms with Crippen molar-refractivity contribution >= 4 is 8.07 Å². The van der Waals surface area contributed by atoms with Gasteiger partial charge in [-0.05, 0) is 12.8 Å². The Labute approximate surface area is 103 Å². The van der Waals surface area contributed by atoms with Gasteiger partial charge < -0.3 is 0 Å². The molecule has 16 heavy (non-hydrogen) atoms. The molecule has 0 aromatic carbocycles. The summed E-state index contributed by atoms with van der Waals surface area (Å²) < 4.78 is 0. The average molecular weight is 236 g/mol. The zero-order chi connectivity index (χ0) is 11.7. The lowest BCUT2D eigenvalue weighted by Crippen LogP contribution is -2.35. The van der Waals surface area contributed by atoms with Crippen molar-refractivity contribution in [2.75, 3.05) is 0 Å². The van der Waals surface area contributed by atoms with Crippen LogP contribution in [0.1, 0.15) is 44.9 Å². The van der Waals surface area contributed by atoms with E-state index in [1.54, 1.807) is 24.2 Å². The summed E-state index contributed by atoms with van der Waals surface area (Å²) in [7, 11) is -0.853. The van der Waals surface area contributed by atoms with Crippen LogP contribution in [-0.4, -0.2) is 8.07 Å². The lowest BCUT2D eigenvalue weighted by molar-refractivity contribution is 0.687. The number of rotatable bonds is 8. The van der Waals surface area contributed by atoms with Crippen LogP contribution in [0.2, 0.25) is 24.2 Å². The second-order valence-electron chi connectivity index (χ2n) is 5.42. The van der Waals surface area contributed by atoms with Crippen LogP contribution >= 0.6 is 0 Å². The van der Waals surface area contributed by atoms with Crippen LogP contribution in [0.4, 0.5) is 0 Å². The van der Waals surface area contributed by atoms with E-state index in [0.717, 1.165) is 0 Å². The first-order valence-corrected chi connectivity index (χ1v) is 9.88. The Hall–Kier alpha value is -0.303. The van der Waals surface area contributed by atoms with Crippen molar-refractivity contribution in [1.29, 1.82) is 0 Å². The van der Waals surface area contributed by atoms with E-state index >= 15 is 0 Å². The molecule has 0 atom stereocenters. The zero-order valence-corrected chi connectivity index (χ0v) is 11.8. The minimum Gasteiger partial charge on any atom is -0.103 e. The standard InChI is InChI=1S/C15H28Si/c1-3-5-8-12-16(13-9-6-4-2)14-10-7-11-15-16/h3-4H,1-2,5-15H2. The molecular weight excluding hydrogens is 208 g/mol. The number of hydrogen-bond donors (Lipinski definition) is 0. The summed E-state index contributed by atoms with van der Waals surface area (Å²) in [5.41, 5.74) is 0. The molecule has 0 amide bonds. The van der Waals surface area contributed by atoms with Crippen LogP contribution in [-0.2, 0) is 0 Å². The molecule has 0 aromatic rings. The van der Waals surface area contributed by atoms with Crippen LogP contribution in [0.3, 0.4) is 0 Å². The van der Waals surface area contributed by atoms with Gasteiger partial charge in [0.15, 0.2) is 0 Å². The van der Waals surface area contributed by atoms with Crippen molar-refractivity contribution in [2.24, 2.45) is 0 Å². The maximum Gasteiger partial charge on any atom is 0.0536 e. The highest BCUT2D eigenvalue weighted by molar-refractivity contribution is 6.80. The van der Waals surface area contributed by atoms with Crippen molar-refractivity contribution in [3.63, 3.8) is 0 Å². The van der Waals surface area contributed by atoms with Crippen LogP contribution in [0.15, 0.2) is 25.3 Å². The zero-order valence-electron chi connectivity index (χ0n) is 10.8. The van der Waals surface area contributed by atoms with Crippen LogP contribution in [0.5, 0.6) is 0 Å². The molecule has 0 bridgehead atoms. The largest absolute Gasteiger partial charge is 0.103 e. The minimum atomic E-state index is -0.853. The molecule has 0 unspecified atom stereocenters. The van der Waals surface area contributed by atoms with Crippen LogP contribution in [0, 0.1) is 0 Å². The predicted octanol–water partition coefficient (Wildman–Crippen LogP) is 5.55. The molecule has 0 N–H and O–H groups in total. The second-order valence-corrected chi connectivity index (χ2v) is 10.4. The fourth-order valence-corrected chi connectivity index (χ4v) is 8.58. The second kappa shape index (κ2) is 7.89. The molecule has 92 valence electrons. The van der Waals surface area contributed by atoms with E-state index in [1.165, 1.54) is 44.9 Å². The number of hydrogen-bond acceptors (Lipinski definition) is 0. The first-order valence-electron chi connectivity index (χ1n) is 7.05. The molecule has 1 heteroatoms. The van der Waals surface area contributed by atoms with Gasteiger partial charge in [0.1, 0.15) is 0 Å². The van der Waals surface area contributed by atoms with Gasteiger partial charge in [0.25, 0.3) is 0 Å². The minimum absolute atomic E-state index is 0.853. The molecule has 1 heterocycles. The Balaban J connectivity index is 2.38. The monoisotopic (exact) mass is 236 g/mol. The van der Waals surface area contributed by atoms with Crippen molar-refractivity contribution in [3.8, 4) is 0 Å². The van der Waals surface area contributed by atoms with E-state index in [1.807, 2.05) is 0 Å². The van der Waals surface area contributed by atoms with E-state index < -0.39 is 8.07 Å². The summed E-state index contributed by atoms with van der Waals surface area (Å²) in [5, 5.41) is 0. The first kappa shape index (κ1) is 13.8. The molecule has 1 rings (SSSR count). The Morgan fingerprint density at radius 3 is 1.75 bits per heavy atom. The van der Waals surface area contributed by atoms with E-state index in [4.69, 9.17) is 0 Å². The summed E-state index contributed by atoms with van der Waals surface area (Å²) >= 11 is 0. The quantitative estimate of drug-likeness (QED) is 0.294. The summed E-state index contributed by atoms with van der Waals surface area (Å²) in [4.78, 5) is 0. The van der Waals surface area contributed by atoms with Gasteiger partial charge in [-0.3, -0.25) is 0 Å². The maximum absolute atomic E-state index is 3.84. The van der Waals surface area contributed by atoms with Gasteiger partial charge in [-0.1, -0.05) is 68.4 Å². The Bertz CT molecular complexity index is 185. The van der Waals surface area contributed by atoms with Crippen molar-refractivity contribution in [1.82, 2.24) is 0 Å². The lowest BCUT2D eigenvalue weighted by atomic mass is 10.3. The number of unbranched alkanes of at least 4 members (excludes halogenated alkanes) is 2. The van der Waals surface area contributed by atoms with Crippen molar-refractivity contribution in [2.45, 2.75) is 69.1 Å². The van der Waals surface area contributed by atoms with Gasteiger partial charge in [0.2, 0.25) is 0 Å². The molecule has 1 saturated heterocycles.